The number of aryl methyl sites for hydroxylation is 1. The van der Waals surface area contributed by atoms with Crippen LogP contribution >= 0.6 is 11.6 Å². The third kappa shape index (κ3) is 7.89. The summed E-state index contributed by atoms with van der Waals surface area (Å²) in [5, 5.41) is 6.88. The number of rotatable bonds is 11. The molecule has 0 spiro atoms. The van der Waals surface area contributed by atoms with Crippen LogP contribution in [0.25, 0.3) is 0 Å². The SMILES string of the molecule is Cc1oc(=O)oc1COC(=O)C(C)(C)CC(=O)O[C@H]1CC[C@@]2(C)[C@@H](CCC3(C)[C@@H]2CCC2C4=C(C(C)C)C(=O)C[C@]4(NC(=O)C(C)(C)NC(=O)c4ccc(Cl)cc4)CC[C@]23C)C1(C)C. The van der Waals surface area contributed by atoms with Crippen LogP contribution in [0, 0.1) is 57.7 Å². The van der Waals surface area contributed by atoms with Crippen LogP contribution in [0.1, 0.15) is 162 Å². The lowest BCUT2D eigenvalue weighted by Gasteiger charge is -2.72. The third-order valence-electron chi connectivity index (χ3n) is 17.4. The summed E-state index contributed by atoms with van der Waals surface area (Å²) in [6.07, 6.45) is 6.68. The van der Waals surface area contributed by atoms with Crippen molar-refractivity contribution >= 4 is 41.1 Å². The summed E-state index contributed by atoms with van der Waals surface area (Å²) in [5.74, 6) is -1.41. The summed E-state index contributed by atoms with van der Waals surface area (Å²) in [7, 11) is 0. The van der Waals surface area contributed by atoms with E-state index in [1.165, 1.54) is 0 Å². The van der Waals surface area contributed by atoms with Crippen molar-refractivity contribution in [2.45, 2.75) is 171 Å². The number of amides is 2. The average molecular weight is 906 g/mol. The minimum Gasteiger partial charge on any atom is -0.462 e. The van der Waals surface area contributed by atoms with Gasteiger partial charge < -0.3 is 28.9 Å². The Balaban J connectivity index is 1.08. The molecule has 5 aliphatic rings. The van der Waals surface area contributed by atoms with Crippen LogP contribution in [0.3, 0.4) is 0 Å². The van der Waals surface area contributed by atoms with Crippen molar-refractivity contribution in [3.05, 3.63) is 68.1 Å². The van der Waals surface area contributed by atoms with Gasteiger partial charge in [-0.05, 0) is 161 Å². The smallest absolute Gasteiger partial charge is 0.462 e. The summed E-state index contributed by atoms with van der Waals surface area (Å²) in [4.78, 5) is 80.1. The van der Waals surface area contributed by atoms with Crippen molar-refractivity contribution in [1.29, 1.82) is 0 Å². The van der Waals surface area contributed by atoms with E-state index in [2.05, 4.69) is 59.1 Å². The highest BCUT2D eigenvalue weighted by Crippen LogP contribution is 2.76. The topological polar surface area (TPSA) is 171 Å². The van der Waals surface area contributed by atoms with E-state index >= 15 is 0 Å². The molecule has 8 atom stereocenters. The number of fused-ring (bicyclic) bond motifs is 7. The maximum atomic E-state index is 14.4. The number of nitrogens with one attached hydrogen (secondary N) is 2. The number of carbonyl (C=O) groups excluding carboxylic acids is 5. The molecule has 1 aromatic heterocycles. The van der Waals surface area contributed by atoms with Gasteiger partial charge in [-0.3, -0.25) is 24.0 Å². The third-order valence-corrected chi connectivity index (χ3v) is 17.7. The van der Waals surface area contributed by atoms with Crippen molar-refractivity contribution < 1.29 is 42.3 Å². The quantitative estimate of drug-likeness (QED) is 0.207. The fraction of sp³-hybridized carbons (Fsp3) is 0.686. The summed E-state index contributed by atoms with van der Waals surface area (Å²) in [5.41, 5.74) is -1.47. The number of halogens is 1. The second kappa shape index (κ2) is 16.3. The molecule has 1 heterocycles. The first-order valence-electron chi connectivity index (χ1n) is 23.3. The van der Waals surface area contributed by atoms with Crippen molar-refractivity contribution in [2.75, 3.05) is 0 Å². The fourth-order valence-corrected chi connectivity index (χ4v) is 13.9. The van der Waals surface area contributed by atoms with Gasteiger partial charge >= 0.3 is 17.8 Å². The molecule has 7 rings (SSSR count). The number of carbonyl (C=O) groups is 5. The molecule has 0 saturated heterocycles. The maximum absolute atomic E-state index is 14.4. The van der Waals surface area contributed by atoms with Gasteiger partial charge in [0.05, 0.1) is 17.4 Å². The van der Waals surface area contributed by atoms with Crippen LogP contribution in [-0.2, 0) is 35.3 Å². The van der Waals surface area contributed by atoms with Crippen LogP contribution in [0.5, 0.6) is 0 Å². The summed E-state index contributed by atoms with van der Waals surface area (Å²) in [6.45, 7) is 24.1. The highest BCUT2D eigenvalue weighted by atomic mass is 35.5. The molecular formula is C51H69ClN2O10. The summed E-state index contributed by atoms with van der Waals surface area (Å²) < 4.78 is 21.6. The highest BCUT2D eigenvalue weighted by molar-refractivity contribution is 6.30. The van der Waals surface area contributed by atoms with E-state index in [1.807, 2.05) is 0 Å². The van der Waals surface area contributed by atoms with Gasteiger partial charge in [0.1, 0.15) is 11.6 Å². The number of hydrogen-bond donors (Lipinski definition) is 2. The Hall–Kier alpha value is -4.19. The molecule has 0 aliphatic heterocycles. The zero-order valence-electron chi connectivity index (χ0n) is 39.9. The predicted molar refractivity (Wildman–Crippen MR) is 241 cm³/mol. The van der Waals surface area contributed by atoms with Crippen LogP contribution in [0.2, 0.25) is 5.02 Å². The first kappa shape index (κ1) is 47.8. The van der Waals surface area contributed by atoms with Gasteiger partial charge in [0.25, 0.3) is 5.91 Å². The van der Waals surface area contributed by atoms with Gasteiger partial charge in [-0.25, -0.2) is 4.79 Å². The van der Waals surface area contributed by atoms with E-state index in [-0.39, 0.29) is 94.1 Å². The maximum Gasteiger partial charge on any atom is 0.519 e. The molecule has 4 saturated carbocycles. The van der Waals surface area contributed by atoms with E-state index in [9.17, 15) is 28.8 Å². The Labute approximate surface area is 382 Å². The molecule has 4 fully saturated rings. The molecule has 0 bridgehead atoms. The van der Waals surface area contributed by atoms with Gasteiger partial charge in [-0.1, -0.05) is 60.1 Å². The van der Waals surface area contributed by atoms with E-state index in [0.29, 0.717) is 29.3 Å². The first-order valence-corrected chi connectivity index (χ1v) is 23.6. The van der Waals surface area contributed by atoms with Gasteiger partial charge in [-0.15, -0.1) is 0 Å². The van der Waals surface area contributed by atoms with Crippen LogP contribution in [0.4, 0.5) is 0 Å². The van der Waals surface area contributed by atoms with Crippen molar-refractivity contribution in [2.24, 2.45) is 50.7 Å². The normalized spacial score (nSPS) is 32.2. The van der Waals surface area contributed by atoms with Crippen molar-refractivity contribution in [3.63, 3.8) is 0 Å². The molecule has 64 heavy (non-hydrogen) atoms. The number of ether oxygens (including phenoxy) is 2. The lowest BCUT2D eigenvalue weighted by atomic mass is 9.33. The molecule has 2 unspecified atom stereocenters. The minimum absolute atomic E-state index is 0.00877. The molecule has 2 aromatic rings. The molecule has 5 aliphatic carbocycles. The Morgan fingerprint density at radius 3 is 2.16 bits per heavy atom. The van der Waals surface area contributed by atoms with Gasteiger partial charge in [0.2, 0.25) is 5.91 Å². The summed E-state index contributed by atoms with van der Waals surface area (Å²) in [6, 6.07) is 6.55. The molecule has 12 nitrogen and oxygen atoms in total. The van der Waals surface area contributed by atoms with E-state index in [1.54, 1.807) is 58.9 Å². The van der Waals surface area contributed by atoms with E-state index in [4.69, 9.17) is 29.9 Å². The number of ketones is 1. The average Bonchev–Trinajstić information content (AvgIpc) is 3.68. The Bertz CT molecular complexity index is 2320. The zero-order valence-corrected chi connectivity index (χ0v) is 40.7. The lowest BCUT2D eigenvalue weighted by molar-refractivity contribution is -0.232. The Kier molecular flexibility index (Phi) is 12.2. The van der Waals surface area contributed by atoms with E-state index < -0.39 is 34.3 Å². The Morgan fingerprint density at radius 2 is 1.53 bits per heavy atom. The molecule has 13 heteroatoms. The molecule has 1 aromatic carbocycles. The molecule has 2 N–H and O–H groups in total. The number of allylic oxidation sites excluding steroid dienone is 1. The number of Topliss-reactive ketones (excluding diaryl/α,β-unsaturated/α-hetero) is 1. The van der Waals surface area contributed by atoms with E-state index in [0.717, 1.165) is 49.7 Å². The van der Waals surface area contributed by atoms with Gasteiger partial charge in [0.15, 0.2) is 23.9 Å². The fourth-order valence-electron chi connectivity index (χ4n) is 13.8. The molecule has 350 valence electrons. The second-order valence-corrected chi connectivity index (χ2v) is 23.2. The molecular weight excluding hydrogens is 836 g/mol. The summed E-state index contributed by atoms with van der Waals surface area (Å²) >= 11 is 6.06. The van der Waals surface area contributed by atoms with Crippen molar-refractivity contribution in [3.8, 4) is 0 Å². The standard InChI is InChI=1S/C51H69ClN2O10/c1-28(2)39-33(55)25-51(54-42(58)47(8,9)53-41(57)30-13-15-31(52)16-14-30)24-23-49(11)32(40(39)51)17-18-36-48(10)21-20-37(46(6,7)35(48)19-22-50(36,49)12)64-38(56)26-45(4,5)43(59)61-27-34-29(3)62-44(60)63-34/h13-16,28,32,35-37H,17-27H2,1-12H3,(H,53,57)(H,54,58)/t32?,35-,36+,37-,48-,49+,50?,51+/m0/s1. The van der Waals surface area contributed by atoms with Crippen LogP contribution < -0.4 is 16.5 Å². The molecule has 0 radical (unpaired) electrons. The molecule has 2 amide bonds. The number of hydrogen-bond acceptors (Lipinski definition) is 10. The van der Waals surface area contributed by atoms with Gasteiger partial charge in [-0.2, -0.15) is 0 Å². The number of esters is 2. The highest BCUT2D eigenvalue weighted by Gasteiger charge is 2.70. The first-order chi connectivity index (χ1) is 29.6. The van der Waals surface area contributed by atoms with Gasteiger partial charge in [0, 0.05) is 22.4 Å². The Morgan fingerprint density at radius 1 is 0.859 bits per heavy atom. The monoisotopic (exact) mass is 904 g/mol. The van der Waals surface area contributed by atoms with Crippen LogP contribution in [-0.4, -0.2) is 46.7 Å². The van der Waals surface area contributed by atoms with Crippen molar-refractivity contribution in [1.82, 2.24) is 10.6 Å². The predicted octanol–water partition coefficient (Wildman–Crippen LogP) is 9.62. The largest absolute Gasteiger partial charge is 0.519 e. The number of benzene rings is 1. The minimum atomic E-state index is -1.26. The lowest BCUT2D eigenvalue weighted by Crippen LogP contribution is -2.68. The van der Waals surface area contributed by atoms with Crippen LogP contribution in [0.15, 0.2) is 49.0 Å². The second-order valence-electron chi connectivity index (χ2n) is 22.7. The zero-order chi connectivity index (χ0) is 47.2.